The number of ether oxygens (including phenoxy) is 3. The van der Waals surface area contributed by atoms with Gasteiger partial charge in [-0.05, 0) is 45.2 Å². The smallest absolute Gasteiger partial charge is 0.493 e. The van der Waals surface area contributed by atoms with Crippen LogP contribution >= 0.6 is 0 Å². The molecule has 1 heterocycles. The maximum absolute atomic E-state index is 11.5. The quantitative estimate of drug-likeness (QED) is 0.566. The van der Waals surface area contributed by atoms with Crippen molar-refractivity contribution in [1.29, 1.82) is 0 Å². The van der Waals surface area contributed by atoms with Gasteiger partial charge >= 0.3 is 6.16 Å². The molecular formula is C14H18O4. The molecule has 2 rings (SSSR count). The van der Waals surface area contributed by atoms with Gasteiger partial charge < -0.3 is 14.2 Å². The van der Waals surface area contributed by atoms with Crippen LogP contribution in [0.15, 0.2) is 18.2 Å². The molecular weight excluding hydrogens is 232 g/mol. The third-order valence-electron chi connectivity index (χ3n) is 2.48. The van der Waals surface area contributed by atoms with Crippen LogP contribution in [0.3, 0.4) is 0 Å². The van der Waals surface area contributed by atoms with E-state index in [0.29, 0.717) is 12.4 Å². The van der Waals surface area contributed by atoms with Gasteiger partial charge in [0.2, 0.25) is 0 Å². The van der Waals surface area contributed by atoms with Crippen LogP contribution in [0.5, 0.6) is 11.5 Å². The summed E-state index contributed by atoms with van der Waals surface area (Å²) in [6, 6.07) is 5.42. The first-order chi connectivity index (χ1) is 8.44. The second-order valence-electron chi connectivity index (χ2n) is 5.29. The molecule has 1 aromatic rings. The minimum atomic E-state index is -0.696. The Hall–Kier alpha value is -1.71. The van der Waals surface area contributed by atoms with Crippen molar-refractivity contribution in [1.82, 2.24) is 0 Å². The molecule has 0 saturated carbocycles. The number of hydrogen-bond donors (Lipinski definition) is 0. The third kappa shape index (κ3) is 3.39. The van der Waals surface area contributed by atoms with Crippen LogP contribution in [0.25, 0.3) is 0 Å². The Kier molecular flexibility index (Phi) is 3.45. The number of carbonyl (C=O) groups excluding carboxylic acids is 1. The van der Waals surface area contributed by atoms with Crippen molar-refractivity contribution in [3.8, 4) is 11.5 Å². The van der Waals surface area contributed by atoms with Crippen LogP contribution in [0.1, 0.15) is 32.8 Å². The maximum Gasteiger partial charge on any atom is 0.514 e. The predicted molar refractivity (Wildman–Crippen MR) is 67.1 cm³/mol. The lowest BCUT2D eigenvalue weighted by atomic mass is 10.1. The Balaban J connectivity index is 2.04. The van der Waals surface area contributed by atoms with E-state index >= 15 is 0 Å². The van der Waals surface area contributed by atoms with E-state index in [-0.39, 0.29) is 0 Å². The van der Waals surface area contributed by atoms with E-state index < -0.39 is 11.8 Å². The van der Waals surface area contributed by atoms with Crippen LogP contribution in [-0.2, 0) is 11.2 Å². The predicted octanol–water partition coefficient (Wildman–Crippen LogP) is 3.33. The molecule has 0 aromatic heterocycles. The van der Waals surface area contributed by atoms with Gasteiger partial charge in [0.1, 0.15) is 17.1 Å². The average Bonchev–Trinajstić information content (AvgIpc) is 2.26. The molecule has 1 aromatic carbocycles. The first-order valence-electron chi connectivity index (χ1n) is 6.11. The largest absolute Gasteiger partial charge is 0.514 e. The highest BCUT2D eigenvalue weighted by atomic mass is 16.7. The first-order valence-corrected chi connectivity index (χ1v) is 6.11. The van der Waals surface area contributed by atoms with E-state index in [9.17, 15) is 4.79 Å². The monoisotopic (exact) mass is 250 g/mol. The maximum atomic E-state index is 11.5. The molecule has 1 aliphatic rings. The van der Waals surface area contributed by atoms with Gasteiger partial charge in [-0.2, -0.15) is 0 Å². The summed E-state index contributed by atoms with van der Waals surface area (Å²) in [6.45, 7) is 6.10. The fourth-order valence-electron chi connectivity index (χ4n) is 1.75. The molecule has 0 aliphatic carbocycles. The number of carbonyl (C=O) groups is 1. The van der Waals surface area contributed by atoms with Crippen molar-refractivity contribution in [3.63, 3.8) is 0 Å². The van der Waals surface area contributed by atoms with E-state index in [1.807, 2.05) is 6.07 Å². The summed E-state index contributed by atoms with van der Waals surface area (Å²) in [5.74, 6) is 1.24. The fraction of sp³-hybridized carbons (Fsp3) is 0.500. The van der Waals surface area contributed by atoms with E-state index in [4.69, 9.17) is 14.2 Å². The van der Waals surface area contributed by atoms with Crippen LogP contribution in [-0.4, -0.2) is 18.4 Å². The molecule has 0 amide bonds. The first kappa shape index (κ1) is 12.7. The lowest BCUT2D eigenvalue weighted by Gasteiger charge is -2.20. The zero-order valence-corrected chi connectivity index (χ0v) is 11.0. The number of rotatable bonds is 1. The topological polar surface area (TPSA) is 44.8 Å². The lowest BCUT2D eigenvalue weighted by Crippen LogP contribution is -2.26. The van der Waals surface area contributed by atoms with Crippen molar-refractivity contribution >= 4 is 6.16 Å². The summed E-state index contributed by atoms with van der Waals surface area (Å²) in [5.41, 5.74) is 0.597. The van der Waals surface area contributed by atoms with Gasteiger partial charge in [0.15, 0.2) is 0 Å². The highest BCUT2D eigenvalue weighted by Crippen LogP contribution is 2.29. The van der Waals surface area contributed by atoms with Crippen molar-refractivity contribution in [3.05, 3.63) is 23.8 Å². The SMILES string of the molecule is CC(C)(C)OC(=O)Oc1ccc2c(c1)OCCC2. The zero-order chi connectivity index (χ0) is 13.2. The van der Waals surface area contributed by atoms with Gasteiger partial charge in [0, 0.05) is 6.07 Å². The second-order valence-corrected chi connectivity index (χ2v) is 5.29. The van der Waals surface area contributed by atoms with Crippen molar-refractivity contribution in [2.75, 3.05) is 6.61 Å². The summed E-state index contributed by atoms with van der Waals surface area (Å²) >= 11 is 0. The molecule has 0 spiro atoms. The van der Waals surface area contributed by atoms with E-state index in [0.717, 1.165) is 24.2 Å². The molecule has 0 bridgehead atoms. The van der Waals surface area contributed by atoms with Crippen molar-refractivity contribution < 1.29 is 19.0 Å². The minimum absolute atomic E-state index is 0.449. The molecule has 0 atom stereocenters. The number of hydrogen-bond acceptors (Lipinski definition) is 4. The molecule has 4 nitrogen and oxygen atoms in total. The molecule has 0 saturated heterocycles. The van der Waals surface area contributed by atoms with Gasteiger partial charge in [0.25, 0.3) is 0 Å². The molecule has 98 valence electrons. The third-order valence-corrected chi connectivity index (χ3v) is 2.48. The van der Waals surface area contributed by atoms with E-state index in [1.54, 1.807) is 32.9 Å². The second kappa shape index (κ2) is 4.88. The summed E-state index contributed by atoms with van der Waals surface area (Å²) in [7, 11) is 0. The van der Waals surface area contributed by atoms with Crippen LogP contribution in [0, 0.1) is 0 Å². The summed E-state index contributed by atoms with van der Waals surface area (Å²) in [4.78, 5) is 11.5. The Morgan fingerprint density at radius 1 is 1.33 bits per heavy atom. The van der Waals surface area contributed by atoms with Gasteiger partial charge in [0.05, 0.1) is 6.61 Å². The molecule has 4 heteroatoms. The lowest BCUT2D eigenvalue weighted by molar-refractivity contribution is 0.0206. The highest BCUT2D eigenvalue weighted by molar-refractivity contribution is 5.64. The van der Waals surface area contributed by atoms with E-state index in [2.05, 4.69) is 0 Å². The fourth-order valence-corrected chi connectivity index (χ4v) is 1.75. The number of fused-ring (bicyclic) bond motifs is 1. The van der Waals surface area contributed by atoms with Gasteiger partial charge in [-0.25, -0.2) is 4.79 Å². The van der Waals surface area contributed by atoms with E-state index in [1.165, 1.54) is 0 Å². The van der Waals surface area contributed by atoms with Gasteiger partial charge in [-0.3, -0.25) is 0 Å². The van der Waals surface area contributed by atoms with Crippen LogP contribution in [0.4, 0.5) is 4.79 Å². The molecule has 0 N–H and O–H groups in total. The zero-order valence-electron chi connectivity index (χ0n) is 11.0. The van der Waals surface area contributed by atoms with Gasteiger partial charge in [-0.15, -0.1) is 0 Å². The summed E-state index contributed by atoms with van der Waals surface area (Å²) < 4.78 is 15.7. The molecule has 0 fully saturated rings. The molecule has 0 radical (unpaired) electrons. The molecule has 18 heavy (non-hydrogen) atoms. The highest BCUT2D eigenvalue weighted by Gasteiger charge is 2.19. The molecule has 0 unspecified atom stereocenters. The number of aryl methyl sites for hydroxylation is 1. The Morgan fingerprint density at radius 2 is 2.11 bits per heavy atom. The van der Waals surface area contributed by atoms with Crippen LogP contribution < -0.4 is 9.47 Å². The van der Waals surface area contributed by atoms with Crippen molar-refractivity contribution in [2.45, 2.75) is 39.2 Å². The number of benzene rings is 1. The normalized spacial score (nSPS) is 14.4. The van der Waals surface area contributed by atoms with Crippen LogP contribution in [0.2, 0.25) is 0 Å². The Bertz CT molecular complexity index is 446. The molecule has 1 aliphatic heterocycles. The minimum Gasteiger partial charge on any atom is -0.493 e. The Labute approximate surface area is 107 Å². The Morgan fingerprint density at radius 3 is 2.83 bits per heavy atom. The standard InChI is InChI=1S/C14H18O4/c1-14(2,3)18-13(15)17-11-7-6-10-5-4-8-16-12(10)9-11/h6-7,9H,4-5,8H2,1-3H3. The average molecular weight is 250 g/mol. The summed E-state index contributed by atoms with van der Waals surface area (Å²) in [6.07, 6.45) is 1.33. The summed E-state index contributed by atoms with van der Waals surface area (Å²) in [5, 5.41) is 0. The van der Waals surface area contributed by atoms with Crippen molar-refractivity contribution in [2.24, 2.45) is 0 Å². The van der Waals surface area contributed by atoms with Gasteiger partial charge in [-0.1, -0.05) is 6.07 Å².